The van der Waals surface area contributed by atoms with Crippen LogP contribution >= 0.6 is 0 Å². The van der Waals surface area contributed by atoms with E-state index in [1.165, 1.54) is 0 Å². The molecule has 0 bridgehead atoms. The first-order valence-corrected chi connectivity index (χ1v) is 10.6. The molecule has 0 amide bonds. The number of aliphatic hydroxyl groups is 11. The van der Waals surface area contributed by atoms with Crippen molar-refractivity contribution in [1.82, 2.24) is 0 Å². The van der Waals surface area contributed by atoms with Gasteiger partial charge in [0.25, 0.3) is 0 Å². The molecule has 0 aromatic carbocycles. The van der Waals surface area contributed by atoms with Gasteiger partial charge in [-0.25, -0.2) is 0 Å². The van der Waals surface area contributed by atoms with E-state index in [1.54, 1.807) is 0 Å². The maximum atomic E-state index is 10.6. The lowest BCUT2D eigenvalue weighted by Crippen LogP contribution is -2.66. The quantitative estimate of drug-likeness (QED) is 0.154. The second-order valence-corrected chi connectivity index (χ2v) is 8.33. The van der Waals surface area contributed by atoms with E-state index >= 15 is 0 Å². The molecular formula is C18H32O16. The molecule has 0 radical (unpaired) electrons. The summed E-state index contributed by atoms with van der Waals surface area (Å²) in [6.07, 6.45) is -25.1. The van der Waals surface area contributed by atoms with Crippen molar-refractivity contribution in [2.45, 2.75) is 92.1 Å². The van der Waals surface area contributed by atoms with Gasteiger partial charge in [-0.15, -0.1) is 0 Å². The fraction of sp³-hybridized carbons (Fsp3) is 1.00. The van der Waals surface area contributed by atoms with Gasteiger partial charge in [-0.05, 0) is 0 Å². The Morgan fingerprint density at radius 3 is 1.35 bits per heavy atom. The predicted octanol–water partition coefficient (Wildman–Crippen LogP) is -7.57. The molecule has 3 fully saturated rings. The standard InChI is InChI=1S/C18H32O16/c19-1-4-7(22)8(23)12(27)17(31-4)34-15-6(3-21)32-18(13(28)10(15)25)33-14-5(2-20)30-16(29)11(26)9(14)24/h4-29H,1-3H2/t4?,5?,6-,7+,8-,9+,10?,11?,12?,13?,14+,15+,16+,17-,18-/m0/s1. The van der Waals surface area contributed by atoms with E-state index in [1.807, 2.05) is 0 Å². The average molecular weight is 504 g/mol. The van der Waals surface area contributed by atoms with Crippen LogP contribution in [0.3, 0.4) is 0 Å². The highest BCUT2D eigenvalue weighted by atomic mass is 16.8. The van der Waals surface area contributed by atoms with Crippen LogP contribution < -0.4 is 0 Å². The highest BCUT2D eigenvalue weighted by Gasteiger charge is 2.53. The van der Waals surface area contributed by atoms with Crippen molar-refractivity contribution in [2.24, 2.45) is 0 Å². The Labute approximate surface area is 192 Å². The number of hydrogen-bond acceptors (Lipinski definition) is 16. The van der Waals surface area contributed by atoms with Crippen molar-refractivity contribution in [1.29, 1.82) is 0 Å². The lowest BCUT2D eigenvalue weighted by molar-refractivity contribution is -0.377. The Bertz CT molecular complexity index is 635. The van der Waals surface area contributed by atoms with Crippen LogP contribution in [0.25, 0.3) is 0 Å². The average Bonchev–Trinajstić information content (AvgIpc) is 2.83. The van der Waals surface area contributed by atoms with Crippen LogP contribution in [0.1, 0.15) is 0 Å². The van der Waals surface area contributed by atoms with Crippen LogP contribution in [0.2, 0.25) is 0 Å². The second kappa shape index (κ2) is 11.6. The molecule has 11 N–H and O–H groups in total. The van der Waals surface area contributed by atoms with Crippen LogP contribution in [0.4, 0.5) is 0 Å². The molecule has 0 saturated carbocycles. The van der Waals surface area contributed by atoms with Gasteiger partial charge in [0.15, 0.2) is 18.9 Å². The molecule has 15 atom stereocenters. The third kappa shape index (κ3) is 5.37. The maximum Gasteiger partial charge on any atom is 0.187 e. The Kier molecular flexibility index (Phi) is 9.54. The van der Waals surface area contributed by atoms with E-state index in [2.05, 4.69) is 0 Å². The van der Waals surface area contributed by atoms with Gasteiger partial charge in [0, 0.05) is 0 Å². The summed E-state index contributed by atoms with van der Waals surface area (Å²) in [4.78, 5) is 0. The molecule has 3 heterocycles. The topological polar surface area (TPSA) is 269 Å². The Morgan fingerprint density at radius 1 is 0.441 bits per heavy atom. The molecule has 3 saturated heterocycles. The number of hydrogen-bond donors (Lipinski definition) is 11. The van der Waals surface area contributed by atoms with Gasteiger partial charge >= 0.3 is 0 Å². The van der Waals surface area contributed by atoms with Gasteiger partial charge in [0.05, 0.1) is 19.8 Å². The van der Waals surface area contributed by atoms with E-state index in [4.69, 9.17) is 23.7 Å². The maximum absolute atomic E-state index is 10.6. The molecule has 200 valence electrons. The van der Waals surface area contributed by atoms with E-state index in [-0.39, 0.29) is 0 Å². The van der Waals surface area contributed by atoms with Gasteiger partial charge in [-0.2, -0.15) is 0 Å². The van der Waals surface area contributed by atoms with Gasteiger partial charge < -0.3 is 79.9 Å². The van der Waals surface area contributed by atoms with Crippen molar-refractivity contribution in [3.8, 4) is 0 Å². The summed E-state index contributed by atoms with van der Waals surface area (Å²) in [5, 5.41) is 109. The molecule has 34 heavy (non-hydrogen) atoms. The molecule has 16 heteroatoms. The SMILES string of the molecule is OCC1O[C@@H](O[C@H]2C(O)C(O)[C@H](O[C@@H]3C(CO)O[C@@H](O)C(O)[C@H]3O)O[C@H]2CO)C(O)[C@@H](O)[C@@H]1O. The van der Waals surface area contributed by atoms with Gasteiger partial charge in [-0.3, -0.25) is 0 Å². The van der Waals surface area contributed by atoms with Crippen LogP contribution in [0.5, 0.6) is 0 Å². The van der Waals surface area contributed by atoms with Gasteiger partial charge in [0.1, 0.15) is 73.2 Å². The van der Waals surface area contributed by atoms with Crippen LogP contribution in [-0.2, 0) is 23.7 Å². The van der Waals surface area contributed by atoms with Crippen molar-refractivity contribution < 1.29 is 79.9 Å². The molecule has 3 rings (SSSR count). The molecule has 0 aromatic rings. The smallest absolute Gasteiger partial charge is 0.187 e. The van der Waals surface area contributed by atoms with E-state index < -0.39 is 112 Å². The fourth-order valence-electron chi connectivity index (χ4n) is 4.06. The summed E-state index contributed by atoms with van der Waals surface area (Å²) in [6.45, 7) is -2.32. The highest BCUT2D eigenvalue weighted by Crippen LogP contribution is 2.32. The third-order valence-electron chi connectivity index (χ3n) is 6.09. The molecule has 0 spiro atoms. The van der Waals surface area contributed by atoms with Crippen molar-refractivity contribution >= 4 is 0 Å². The van der Waals surface area contributed by atoms with Gasteiger partial charge in [-0.1, -0.05) is 0 Å². The van der Waals surface area contributed by atoms with E-state index in [9.17, 15) is 56.2 Å². The highest BCUT2D eigenvalue weighted by molar-refractivity contribution is 4.96. The molecule has 0 aliphatic carbocycles. The zero-order valence-electron chi connectivity index (χ0n) is 17.7. The lowest BCUT2D eigenvalue weighted by Gasteiger charge is -2.47. The minimum Gasteiger partial charge on any atom is -0.394 e. The molecule has 0 aromatic heterocycles. The van der Waals surface area contributed by atoms with E-state index in [0.717, 1.165) is 0 Å². The molecular weight excluding hydrogens is 472 g/mol. The van der Waals surface area contributed by atoms with E-state index in [0.29, 0.717) is 0 Å². The summed E-state index contributed by atoms with van der Waals surface area (Å²) >= 11 is 0. The zero-order chi connectivity index (χ0) is 25.3. The van der Waals surface area contributed by atoms with Crippen molar-refractivity contribution in [3.63, 3.8) is 0 Å². The summed E-state index contributed by atoms with van der Waals surface area (Å²) in [5.41, 5.74) is 0. The molecule has 3 aliphatic heterocycles. The largest absolute Gasteiger partial charge is 0.394 e. The van der Waals surface area contributed by atoms with Crippen molar-refractivity contribution in [3.05, 3.63) is 0 Å². The lowest BCUT2D eigenvalue weighted by atomic mass is 9.96. The summed E-state index contributed by atoms with van der Waals surface area (Å²) < 4.78 is 26.4. The predicted molar refractivity (Wildman–Crippen MR) is 101 cm³/mol. The summed E-state index contributed by atoms with van der Waals surface area (Å²) in [5.74, 6) is 0. The monoisotopic (exact) mass is 504 g/mol. The van der Waals surface area contributed by atoms with Gasteiger partial charge in [0.2, 0.25) is 0 Å². The number of aliphatic hydroxyl groups excluding tert-OH is 11. The Morgan fingerprint density at radius 2 is 0.853 bits per heavy atom. The molecule has 6 unspecified atom stereocenters. The minimum absolute atomic E-state index is 0.741. The Balaban J connectivity index is 1.72. The Hall–Kier alpha value is -0.640. The molecule has 16 nitrogen and oxygen atoms in total. The third-order valence-corrected chi connectivity index (χ3v) is 6.09. The summed E-state index contributed by atoms with van der Waals surface area (Å²) in [7, 11) is 0. The minimum atomic E-state index is -1.91. The first-order chi connectivity index (χ1) is 16.0. The van der Waals surface area contributed by atoms with Crippen LogP contribution in [-0.4, -0.2) is 168 Å². The van der Waals surface area contributed by atoms with Crippen molar-refractivity contribution in [2.75, 3.05) is 19.8 Å². The second-order valence-electron chi connectivity index (χ2n) is 8.33. The summed E-state index contributed by atoms with van der Waals surface area (Å²) in [6, 6.07) is 0. The first-order valence-electron chi connectivity index (χ1n) is 10.6. The van der Waals surface area contributed by atoms with Crippen LogP contribution in [0, 0.1) is 0 Å². The number of rotatable bonds is 7. The zero-order valence-corrected chi connectivity index (χ0v) is 17.7. The number of ether oxygens (including phenoxy) is 5. The molecule has 3 aliphatic rings. The fourth-order valence-corrected chi connectivity index (χ4v) is 4.06. The normalized spacial score (nSPS) is 52.5. The van der Waals surface area contributed by atoms with Crippen LogP contribution in [0.15, 0.2) is 0 Å². The first kappa shape index (κ1) is 27.9.